The lowest BCUT2D eigenvalue weighted by Crippen LogP contribution is -2.59. The molecule has 0 aromatic heterocycles. The molecule has 10 heteroatoms. The third-order valence-electron chi connectivity index (χ3n) is 12.8. The zero-order valence-corrected chi connectivity index (χ0v) is 42.0. The van der Waals surface area contributed by atoms with E-state index < -0.39 is 49.4 Å². The van der Waals surface area contributed by atoms with Gasteiger partial charge >= 0.3 is 11.9 Å². The van der Waals surface area contributed by atoms with Crippen molar-refractivity contribution in [3.8, 4) is 0 Å². The van der Waals surface area contributed by atoms with Gasteiger partial charge < -0.3 is 39.4 Å². The number of aliphatic hydroxyl groups excluding tert-OH is 4. The summed E-state index contributed by atoms with van der Waals surface area (Å²) in [7, 11) is 0. The van der Waals surface area contributed by atoms with Gasteiger partial charge in [-0.1, -0.05) is 224 Å². The summed E-state index contributed by atoms with van der Waals surface area (Å²) in [5.74, 6) is -0.801. The van der Waals surface area contributed by atoms with Crippen molar-refractivity contribution in [2.45, 2.75) is 295 Å². The van der Waals surface area contributed by atoms with Crippen molar-refractivity contribution >= 4 is 11.9 Å². The summed E-state index contributed by atoms with van der Waals surface area (Å²) >= 11 is 0. The lowest BCUT2D eigenvalue weighted by Gasteiger charge is -2.39. The van der Waals surface area contributed by atoms with E-state index in [-0.39, 0.29) is 32.0 Å². The van der Waals surface area contributed by atoms with Gasteiger partial charge in [0.05, 0.1) is 13.2 Å². The van der Waals surface area contributed by atoms with Crippen molar-refractivity contribution in [2.75, 3.05) is 19.8 Å². The van der Waals surface area contributed by atoms with Gasteiger partial charge in [-0.25, -0.2) is 0 Å². The number of aliphatic hydroxyl groups is 4. The summed E-state index contributed by atoms with van der Waals surface area (Å²) in [6.07, 6.45) is 46.2. The third kappa shape index (κ3) is 36.8. The van der Waals surface area contributed by atoms with E-state index in [1.165, 1.54) is 167 Å². The second kappa shape index (κ2) is 45.9. The number of ether oxygens (including phenoxy) is 4. The van der Waals surface area contributed by atoms with Gasteiger partial charge in [-0.15, -0.1) is 0 Å². The highest BCUT2D eigenvalue weighted by Gasteiger charge is 2.44. The highest BCUT2D eigenvalue weighted by Crippen LogP contribution is 2.23. The fourth-order valence-electron chi connectivity index (χ4n) is 8.52. The molecule has 0 aliphatic carbocycles. The van der Waals surface area contributed by atoms with Crippen LogP contribution in [-0.2, 0) is 28.5 Å². The number of esters is 2. The molecule has 1 saturated heterocycles. The first kappa shape index (κ1) is 61.2. The Labute approximate surface area is 398 Å². The summed E-state index contributed by atoms with van der Waals surface area (Å²) in [6, 6.07) is 0. The fraction of sp³-hybridized carbons (Fsp3) is 0.891. The summed E-state index contributed by atoms with van der Waals surface area (Å²) in [5, 5.41) is 40.2. The molecule has 0 spiro atoms. The van der Waals surface area contributed by atoms with E-state index in [1.807, 2.05) is 0 Å². The van der Waals surface area contributed by atoms with E-state index >= 15 is 0 Å². The van der Waals surface area contributed by atoms with Crippen LogP contribution in [0.4, 0.5) is 0 Å². The van der Waals surface area contributed by atoms with Crippen LogP contribution in [0.15, 0.2) is 24.3 Å². The molecule has 0 bridgehead atoms. The molecule has 0 aromatic rings. The minimum Gasteiger partial charge on any atom is -0.462 e. The predicted octanol–water partition coefficient (Wildman–Crippen LogP) is 13.2. The SMILES string of the molecule is CCCCC/C=C/C/C=C/CCCCCCCCCC(=O)OC[C@H](CO[C@@H]1O[C@H](CO)[C@H](O)C(O)C1O)OC(=O)CCCCCCCCCCCCCCCCCCCCCCCCC. The largest absolute Gasteiger partial charge is 0.462 e. The molecule has 1 rings (SSSR count). The average Bonchev–Trinajstić information content (AvgIpc) is 3.30. The number of rotatable bonds is 47. The van der Waals surface area contributed by atoms with Crippen LogP contribution in [-0.4, -0.2) is 89.0 Å². The third-order valence-corrected chi connectivity index (χ3v) is 12.8. The molecule has 6 atom stereocenters. The van der Waals surface area contributed by atoms with Gasteiger partial charge in [-0.05, 0) is 44.9 Å². The quantitative estimate of drug-likeness (QED) is 0.0264. The van der Waals surface area contributed by atoms with Crippen molar-refractivity contribution in [3.63, 3.8) is 0 Å². The van der Waals surface area contributed by atoms with E-state index in [9.17, 15) is 30.0 Å². The van der Waals surface area contributed by atoms with Gasteiger partial charge in [0.2, 0.25) is 0 Å². The molecule has 4 N–H and O–H groups in total. The predicted molar refractivity (Wildman–Crippen MR) is 266 cm³/mol. The normalized spacial score (nSPS) is 19.4. The van der Waals surface area contributed by atoms with Gasteiger partial charge in [0.25, 0.3) is 0 Å². The Balaban J connectivity index is 2.21. The minimum atomic E-state index is -1.59. The molecular weight excluding hydrogens is 821 g/mol. The molecule has 65 heavy (non-hydrogen) atoms. The van der Waals surface area contributed by atoms with Crippen LogP contribution in [0.25, 0.3) is 0 Å². The zero-order chi connectivity index (χ0) is 47.3. The maximum Gasteiger partial charge on any atom is 0.306 e. The second-order valence-corrected chi connectivity index (χ2v) is 19.0. The first-order valence-electron chi connectivity index (χ1n) is 27.4. The lowest BCUT2D eigenvalue weighted by molar-refractivity contribution is -0.305. The maximum absolute atomic E-state index is 12.9. The number of allylic oxidation sites excluding steroid dienone is 4. The number of unbranched alkanes of at least 4 members (excludes halogenated alkanes) is 32. The molecule has 0 radical (unpaired) electrons. The highest BCUT2D eigenvalue weighted by atomic mass is 16.7. The average molecular weight is 923 g/mol. The van der Waals surface area contributed by atoms with Gasteiger partial charge in [-0.3, -0.25) is 9.59 Å². The van der Waals surface area contributed by atoms with Crippen LogP contribution < -0.4 is 0 Å². The van der Waals surface area contributed by atoms with Crippen molar-refractivity contribution < 1.29 is 49.0 Å². The van der Waals surface area contributed by atoms with Gasteiger partial charge in [0.15, 0.2) is 12.4 Å². The Morgan fingerprint density at radius 2 is 0.862 bits per heavy atom. The van der Waals surface area contributed by atoms with Crippen LogP contribution in [0.2, 0.25) is 0 Å². The Morgan fingerprint density at radius 1 is 0.477 bits per heavy atom. The summed E-state index contributed by atoms with van der Waals surface area (Å²) < 4.78 is 22.3. The van der Waals surface area contributed by atoms with Crippen LogP contribution >= 0.6 is 0 Å². The van der Waals surface area contributed by atoms with Gasteiger partial charge in [-0.2, -0.15) is 0 Å². The molecule has 0 aromatic carbocycles. The number of hydrogen-bond acceptors (Lipinski definition) is 10. The minimum absolute atomic E-state index is 0.217. The Morgan fingerprint density at radius 3 is 1.31 bits per heavy atom. The lowest BCUT2D eigenvalue weighted by atomic mass is 9.99. The van der Waals surface area contributed by atoms with Gasteiger partial charge in [0.1, 0.15) is 31.0 Å². The van der Waals surface area contributed by atoms with Crippen molar-refractivity contribution in [1.82, 2.24) is 0 Å². The van der Waals surface area contributed by atoms with E-state index in [0.29, 0.717) is 6.42 Å². The fourth-order valence-corrected chi connectivity index (χ4v) is 8.52. The van der Waals surface area contributed by atoms with E-state index in [2.05, 4.69) is 38.2 Å². The van der Waals surface area contributed by atoms with Gasteiger partial charge in [0, 0.05) is 12.8 Å². The standard InChI is InChI=1S/C55H102O10/c1-3-5-7-9-11-13-15-17-19-21-22-23-24-25-26-28-30-32-34-36-38-40-42-44-51(58)64-48(47-63-55-54(61)53(60)52(59)49(45-56)65-55)46-62-50(57)43-41-39-37-35-33-31-29-27-20-18-16-14-12-10-8-6-4-2/h12,14,18,20,48-49,52-56,59-61H,3-11,13,15-17,19,21-47H2,1-2H3/b14-12+,20-18+/t48-,49-,52+,53?,54?,55-/m1/s1. The number of carbonyl (C=O) groups excluding carboxylic acids is 2. The molecular formula is C55H102O10. The van der Waals surface area contributed by atoms with E-state index in [0.717, 1.165) is 57.8 Å². The first-order valence-corrected chi connectivity index (χ1v) is 27.4. The van der Waals surface area contributed by atoms with Crippen LogP contribution in [0, 0.1) is 0 Å². The first-order chi connectivity index (χ1) is 31.8. The smallest absolute Gasteiger partial charge is 0.306 e. The number of hydrogen-bond donors (Lipinski definition) is 4. The molecule has 2 unspecified atom stereocenters. The second-order valence-electron chi connectivity index (χ2n) is 19.0. The maximum atomic E-state index is 12.9. The van der Waals surface area contributed by atoms with Crippen LogP contribution in [0.5, 0.6) is 0 Å². The van der Waals surface area contributed by atoms with Crippen molar-refractivity contribution in [2.24, 2.45) is 0 Å². The summed E-state index contributed by atoms with van der Waals surface area (Å²) in [5.41, 5.74) is 0. The Bertz CT molecular complexity index is 1110. The van der Waals surface area contributed by atoms with E-state index in [4.69, 9.17) is 18.9 Å². The molecule has 1 aliphatic rings. The summed E-state index contributed by atoms with van der Waals surface area (Å²) in [6.45, 7) is 3.44. The zero-order valence-electron chi connectivity index (χ0n) is 42.0. The van der Waals surface area contributed by atoms with Crippen LogP contribution in [0.1, 0.15) is 258 Å². The van der Waals surface area contributed by atoms with Crippen molar-refractivity contribution in [3.05, 3.63) is 24.3 Å². The molecule has 1 heterocycles. The Hall–Kier alpha value is -1.82. The Kier molecular flexibility index (Phi) is 43.2. The molecule has 1 fully saturated rings. The van der Waals surface area contributed by atoms with E-state index in [1.54, 1.807) is 0 Å². The molecule has 1 aliphatic heterocycles. The molecule has 0 saturated carbocycles. The summed E-state index contributed by atoms with van der Waals surface area (Å²) in [4.78, 5) is 25.5. The molecule has 10 nitrogen and oxygen atoms in total. The highest BCUT2D eigenvalue weighted by molar-refractivity contribution is 5.70. The van der Waals surface area contributed by atoms with Crippen LogP contribution in [0.3, 0.4) is 0 Å². The monoisotopic (exact) mass is 923 g/mol. The topological polar surface area (TPSA) is 152 Å². The molecule has 0 amide bonds. The number of carbonyl (C=O) groups is 2. The molecule has 382 valence electrons. The van der Waals surface area contributed by atoms with Crippen molar-refractivity contribution in [1.29, 1.82) is 0 Å².